The van der Waals surface area contributed by atoms with Gasteiger partial charge in [0.15, 0.2) is 0 Å². The Morgan fingerprint density at radius 2 is 2.00 bits per heavy atom. The van der Waals surface area contributed by atoms with Crippen molar-refractivity contribution in [3.05, 3.63) is 45.7 Å². The minimum atomic E-state index is -4.66. The molecule has 0 bridgehead atoms. The van der Waals surface area contributed by atoms with E-state index in [1.165, 1.54) is 18.2 Å². The Kier molecular flexibility index (Phi) is 5.21. The molecule has 1 fully saturated rings. The number of carbonyl (C=O) groups excluding carboxylic acids is 1. The minimum absolute atomic E-state index is 0.0198. The molecular weight excluding hydrogens is 371 g/mol. The summed E-state index contributed by atoms with van der Waals surface area (Å²) in [5, 5.41) is -1.16. The van der Waals surface area contributed by atoms with E-state index in [4.69, 9.17) is 27.9 Å². The van der Waals surface area contributed by atoms with Crippen molar-refractivity contribution >= 4 is 29.2 Å². The van der Waals surface area contributed by atoms with Crippen molar-refractivity contribution in [2.75, 3.05) is 0 Å². The number of ether oxygens (including phenoxy) is 1. The zero-order chi connectivity index (χ0) is 18.3. The van der Waals surface area contributed by atoms with Crippen LogP contribution in [-0.2, 0) is 16.1 Å². The Labute approximate surface area is 146 Å². The van der Waals surface area contributed by atoms with Gasteiger partial charge in [-0.25, -0.2) is 4.39 Å². The molecule has 2 rings (SSSR count). The maximum absolute atomic E-state index is 13.6. The molecule has 0 N–H and O–H groups in total. The topological polar surface area (TPSA) is 26.3 Å². The van der Waals surface area contributed by atoms with E-state index >= 15 is 0 Å². The van der Waals surface area contributed by atoms with Crippen molar-refractivity contribution in [2.24, 2.45) is 17.3 Å². The predicted molar refractivity (Wildman–Crippen MR) is 82.0 cm³/mol. The number of alkyl halides is 3. The first-order chi connectivity index (χ1) is 11.0. The molecule has 0 saturated heterocycles. The molecule has 0 amide bonds. The van der Waals surface area contributed by atoms with Gasteiger partial charge in [-0.3, -0.25) is 4.79 Å². The Bertz CT molecular complexity index is 663. The SMILES string of the molecule is CC1(C)[C@H](C(=O)OCc2c(F)cccc2Cl)[C@@H]1C=C(Cl)C(F)(F)F. The molecule has 0 heterocycles. The summed E-state index contributed by atoms with van der Waals surface area (Å²) in [6.07, 6.45) is -3.83. The van der Waals surface area contributed by atoms with Crippen molar-refractivity contribution in [1.82, 2.24) is 0 Å². The molecule has 0 aliphatic heterocycles. The van der Waals surface area contributed by atoms with Gasteiger partial charge in [0, 0.05) is 5.56 Å². The second-order valence-electron chi connectivity index (χ2n) is 6.15. The number of hydrogen-bond donors (Lipinski definition) is 0. The minimum Gasteiger partial charge on any atom is -0.460 e. The fraction of sp³-hybridized carbons (Fsp3) is 0.438. The van der Waals surface area contributed by atoms with E-state index in [0.29, 0.717) is 0 Å². The maximum Gasteiger partial charge on any atom is 0.426 e. The Balaban J connectivity index is 2.06. The fourth-order valence-electron chi connectivity index (χ4n) is 2.59. The van der Waals surface area contributed by atoms with Gasteiger partial charge in [-0.15, -0.1) is 0 Å². The summed E-state index contributed by atoms with van der Waals surface area (Å²) in [7, 11) is 0. The lowest BCUT2D eigenvalue weighted by Gasteiger charge is -2.08. The van der Waals surface area contributed by atoms with Crippen LogP contribution in [0.4, 0.5) is 17.6 Å². The third kappa shape index (κ3) is 3.86. The molecule has 0 radical (unpaired) electrons. The van der Waals surface area contributed by atoms with Crippen LogP contribution in [0, 0.1) is 23.1 Å². The first-order valence-corrected chi connectivity index (χ1v) is 7.76. The second-order valence-corrected chi connectivity index (χ2v) is 6.96. The molecule has 8 heteroatoms. The smallest absolute Gasteiger partial charge is 0.426 e. The zero-order valence-corrected chi connectivity index (χ0v) is 14.3. The maximum atomic E-state index is 13.6. The fourth-order valence-corrected chi connectivity index (χ4v) is 2.95. The van der Waals surface area contributed by atoms with Crippen LogP contribution in [0.5, 0.6) is 0 Å². The highest BCUT2D eigenvalue weighted by atomic mass is 35.5. The third-order valence-corrected chi connectivity index (χ3v) is 4.88. The summed E-state index contributed by atoms with van der Waals surface area (Å²) >= 11 is 11.0. The van der Waals surface area contributed by atoms with E-state index in [1.54, 1.807) is 13.8 Å². The monoisotopic (exact) mass is 384 g/mol. The lowest BCUT2D eigenvalue weighted by molar-refractivity contribution is -0.147. The number of halogens is 6. The van der Waals surface area contributed by atoms with Gasteiger partial charge >= 0.3 is 12.1 Å². The molecule has 0 aromatic heterocycles. The van der Waals surface area contributed by atoms with Gasteiger partial charge in [0.05, 0.1) is 10.9 Å². The van der Waals surface area contributed by atoms with E-state index < -0.39 is 40.2 Å². The van der Waals surface area contributed by atoms with E-state index in [2.05, 4.69) is 0 Å². The quantitative estimate of drug-likeness (QED) is 0.507. The Morgan fingerprint density at radius 3 is 2.54 bits per heavy atom. The van der Waals surface area contributed by atoms with Crippen LogP contribution in [-0.4, -0.2) is 12.1 Å². The largest absolute Gasteiger partial charge is 0.460 e. The highest BCUT2D eigenvalue weighted by Crippen LogP contribution is 2.60. The van der Waals surface area contributed by atoms with Crippen molar-refractivity contribution in [2.45, 2.75) is 26.6 Å². The number of allylic oxidation sites excluding steroid dienone is 2. The zero-order valence-electron chi connectivity index (χ0n) is 12.8. The lowest BCUT2D eigenvalue weighted by atomic mass is 10.1. The van der Waals surface area contributed by atoms with E-state index in [-0.39, 0.29) is 17.2 Å². The molecule has 2 nitrogen and oxygen atoms in total. The average Bonchev–Trinajstić information content (AvgIpc) is 2.98. The summed E-state index contributed by atoms with van der Waals surface area (Å²) in [4.78, 5) is 12.1. The van der Waals surface area contributed by atoms with E-state index in [1.807, 2.05) is 0 Å². The lowest BCUT2D eigenvalue weighted by Crippen LogP contribution is -2.11. The highest BCUT2D eigenvalue weighted by molar-refractivity contribution is 6.31. The van der Waals surface area contributed by atoms with Crippen molar-refractivity contribution in [1.29, 1.82) is 0 Å². The number of hydrogen-bond acceptors (Lipinski definition) is 2. The summed E-state index contributed by atoms with van der Waals surface area (Å²) in [5.74, 6) is -2.82. The summed E-state index contributed by atoms with van der Waals surface area (Å²) in [6.45, 7) is 2.88. The molecule has 1 aromatic rings. The third-order valence-electron chi connectivity index (χ3n) is 4.18. The highest BCUT2D eigenvalue weighted by Gasteiger charge is 2.62. The van der Waals surface area contributed by atoms with Crippen LogP contribution in [0.15, 0.2) is 29.3 Å². The van der Waals surface area contributed by atoms with Crippen LogP contribution in [0.3, 0.4) is 0 Å². The van der Waals surface area contributed by atoms with Crippen LogP contribution in [0.25, 0.3) is 0 Å². The van der Waals surface area contributed by atoms with E-state index in [9.17, 15) is 22.4 Å². The number of benzene rings is 1. The van der Waals surface area contributed by atoms with Gasteiger partial charge in [0.25, 0.3) is 0 Å². The van der Waals surface area contributed by atoms with Gasteiger partial charge in [0.1, 0.15) is 17.5 Å². The van der Waals surface area contributed by atoms with Gasteiger partial charge in [-0.2, -0.15) is 13.2 Å². The molecule has 1 aliphatic rings. The average molecular weight is 385 g/mol. The predicted octanol–water partition coefficient (Wildman–Crippen LogP) is 5.48. The number of rotatable bonds is 4. The molecule has 1 aliphatic carbocycles. The van der Waals surface area contributed by atoms with Crippen molar-refractivity contribution in [3.8, 4) is 0 Å². The summed E-state index contributed by atoms with van der Waals surface area (Å²) in [6, 6.07) is 4.03. The van der Waals surface area contributed by atoms with Crippen LogP contribution < -0.4 is 0 Å². The van der Waals surface area contributed by atoms with Crippen LogP contribution in [0.2, 0.25) is 5.02 Å². The van der Waals surface area contributed by atoms with Crippen molar-refractivity contribution in [3.63, 3.8) is 0 Å². The molecule has 24 heavy (non-hydrogen) atoms. The Morgan fingerprint density at radius 1 is 1.38 bits per heavy atom. The molecule has 2 atom stereocenters. The normalized spacial score (nSPS) is 23.1. The Hall–Kier alpha value is -1.27. The van der Waals surface area contributed by atoms with Crippen LogP contribution >= 0.6 is 23.2 Å². The second kappa shape index (κ2) is 6.56. The van der Waals surface area contributed by atoms with Gasteiger partial charge < -0.3 is 4.74 Å². The van der Waals surface area contributed by atoms with Gasteiger partial charge in [0.2, 0.25) is 0 Å². The summed E-state index contributed by atoms with van der Waals surface area (Å²) < 4.78 is 56.2. The van der Waals surface area contributed by atoms with E-state index in [0.717, 1.165) is 6.08 Å². The number of carbonyl (C=O) groups is 1. The molecular formula is C16H14Cl2F4O2. The number of esters is 1. The summed E-state index contributed by atoms with van der Waals surface area (Å²) in [5.41, 5.74) is -0.701. The first-order valence-electron chi connectivity index (χ1n) is 7.00. The molecule has 0 unspecified atom stereocenters. The molecule has 132 valence electrons. The van der Waals surface area contributed by atoms with Gasteiger partial charge in [-0.05, 0) is 23.5 Å². The standard InChI is InChI=1S/C16H14Cl2F4O2/c1-15(2)9(6-12(18)16(20,21)22)13(15)14(23)24-7-8-10(17)4-3-5-11(8)19/h3-6,9,13H,7H2,1-2H3/t9-,13-/m0/s1. The molecule has 1 aromatic carbocycles. The van der Waals surface area contributed by atoms with Crippen molar-refractivity contribution < 1.29 is 27.1 Å². The van der Waals surface area contributed by atoms with Gasteiger partial charge in [-0.1, -0.05) is 49.2 Å². The molecule has 1 saturated carbocycles. The molecule has 0 spiro atoms. The van der Waals surface area contributed by atoms with Crippen LogP contribution in [0.1, 0.15) is 19.4 Å². The first kappa shape index (κ1) is 19.1.